The van der Waals surface area contributed by atoms with Crippen LogP contribution >= 0.6 is 0 Å². The van der Waals surface area contributed by atoms with Crippen LogP contribution in [0.15, 0.2) is 42.5 Å². The quantitative estimate of drug-likeness (QED) is 0.464. The fraction of sp³-hybridized carbons (Fsp3) is 0.391. The van der Waals surface area contributed by atoms with Gasteiger partial charge in [-0.15, -0.1) is 0 Å². The molecule has 2 aromatic rings. The lowest BCUT2D eigenvalue weighted by molar-refractivity contribution is 0.0682. The Morgan fingerprint density at radius 2 is 1.42 bits per heavy atom. The van der Waals surface area contributed by atoms with Gasteiger partial charge < -0.3 is 15.3 Å². The highest BCUT2D eigenvalue weighted by atomic mass is 16.3. The highest BCUT2D eigenvalue weighted by Crippen LogP contribution is 2.17. The van der Waals surface area contributed by atoms with E-state index >= 15 is 0 Å². The third kappa shape index (κ3) is 7.12. The molecule has 3 N–H and O–H groups in total. The first-order valence-corrected chi connectivity index (χ1v) is 9.23. The number of aliphatic hydroxyl groups excluding tert-OH is 2. The Bertz CT molecular complexity index is 704. The maximum atomic E-state index is 9.77. The predicted molar refractivity (Wildman–Crippen MR) is 108 cm³/mol. The standard InChI is InChI=1S/C23H30O3/c1-23(2,26)11-4-3-6-18-7-5-8-19(12-18)9-10-20-13-21(16-24)15-22(14-20)17-25/h5,7-10,12-15,24-26H,3-4,6,11,16-17H2,1-2H3. The molecule has 0 saturated carbocycles. The van der Waals surface area contributed by atoms with E-state index in [1.165, 1.54) is 5.56 Å². The lowest BCUT2D eigenvalue weighted by Crippen LogP contribution is -2.17. The van der Waals surface area contributed by atoms with E-state index in [0.717, 1.165) is 47.9 Å². The summed E-state index contributed by atoms with van der Waals surface area (Å²) in [5.41, 5.74) is 4.42. The van der Waals surface area contributed by atoms with Gasteiger partial charge in [0.25, 0.3) is 0 Å². The zero-order valence-corrected chi connectivity index (χ0v) is 15.8. The van der Waals surface area contributed by atoms with Gasteiger partial charge in [-0.2, -0.15) is 0 Å². The van der Waals surface area contributed by atoms with Crippen molar-refractivity contribution in [2.45, 2.75) is 58.3 Å². The van der Waals surface area contributed by atoms with E-state index in [4.69, 9.17) is 0 Å². The van der Waals surface area contributed by atoms with Gasteiger partial charge in [0.15, 0.2) is 0 Å². The number of benzene rings is 2. The van der Waals surface area contributed by atoms with Crippen molar-refractivity contribution in [3.05, 3.63) is 70.3 Å². The Labute approximate surface area is 156 Å². The molecule has 0 aromatic heterocycles. The molecule has 0 bridgehead atoms. The average molecular weight is 354 g/mol. The third-order valence-electron chi connectivity index (χ3n) is 4.36. The number of unbranched alkanes of at least 4 members (excludes halogenated alkanes) is 1. The van der Waals surface area contributed by atoms with Gasteiger partial charge in [0, 0.05) is 0 Å². The second-order valence-corrected chi connectivity index (χ2v) is 7.50. The van der Waals surface area contributed by atoms with Gasteiger partial charge >= 0.3 is 0 Å². The Balaban J connectivity index is 2.00. The molecule has 0 unspecified atom stereocenters. The van der Waals surface area contributed by atoms with Crippen molar-refractivity contribution in [1.29, 1.82) is 0 Å². The van der Waals surface area contributed by atoms with Gasteiger partial charge in [-0.3, -0.25) is 0 Å². The molecule has 0 atom stereocenters. The van der Waals surface area contributed by atoms with Gasteiger partial charge in [-0.1, -0.05) is 48.9 Å². The first kappa shape index (κ1) is 20.4. The summed E-state index contributed by atoms with van der Waals surface area (Å²) in [6, 6.07) is 14.1. The minimum atomic E-state index is -0.582. The maximum absolute atomic E-state index is 9.77. The molecule has 0 amide bonds. The van der Waals surface area contributed by atoms with Crippen molar-refractivity contribution in [2.75, 3.05) is 0 Å². The molecular formula is C23H30O3. The molecule has 0 aliphatic rings. The van der Waals surface area contributed by atoms with Gasteiger partial charge in [-0.25, -0.2) is 0 Å². The zero-order valence-electron chi connectivity index (χ0n) is 15.8. The molecule has 0 saturated heterocycles. The Morgan fingerprint density at radius 1 is 0.808 bits per heavy atom. The van der Waals surface area contributed by atoms with E-state index < -0.39 is 5.60 Å². The number of hydrogen-bond acceptors (Lipinski definition) is 3. The molecule has 3 heteroatoms. The van der Waals surface area contributed by atoms with Crippen molar-refractivity contribution in [3.63, 3.8) is 0 Å². The summed E-state index contributed by atoms with van der Waals surface area (Å²) < 4.78 is 0. The van der Waals surface area contributed by atoms with E-state index in [-0.39, 0.29) is 13.2 Å². The van der Waals surface area contributed by atoms with Crippen LogP contribution in [0.3, 0.4) is 0 Å². The van der Waals surface area contributed by atoms with Crippen molar-refractivity contribution < 1.29 is 15.3 Å². The van der Waals surface area contributed by atoms with Crippen LogP contribution in [0, 0.1) is 0 Å². The van der Waals surface area contributed by atoms with Crippen LogP contribution in [-0.2, 0) is 19.6 Å². The molecule has 0 fully saturated rings. The van der Waals surface area contributed by atoms with E-state index in [0.29, 0.717) is 0 Å². The molecular weight excluding hydrogens is 324 g/mol. The lowest BCUT2D eigenvalue weighted by Gasteiger charge is -2.16. The van der Waals surface area contributed by atoms with E-state index in [1.54, 1.807) is 0 Å². The first-order valence-electron chi connectivity index (χ1n) is 9.23. The van der Waals surface area contributed by atoms with Gasteiger partial charge in [0.1, 0.15) is 0 Å². The molecule has 26 heavy (non-hydrogen) atoms. The van der Waals surface area contributed by atoms with Crippen LogP contribution in [0.25, 0.3) is 12.2 Å². The minimum Gasteiger partial charge on any atom is -0.392 e. The van der Waals surface area contributed by atoms with E-state index in [2.05, 4.69) is 30.3 Å². The lowest BCUT2D eigenvalue weighted by atomic mass is 9.98. The largest absolute Gasteiger partial charge is 0.392 e. The summed E-state index contributed by atoms with van der Waals surface area (Å²) in [5.74, 6) is 0. The van der Waals surface area contributed by atoms with Crippen molar-refractivity contribution >= 4 is 12.2 Å². The Hall–Kier alpha value is -1.94. The molecule has 3 nitrogen and oxygen atoms in total. The van der Waals surface area contributed by atoms with Crippen LogP contribution < -0.4 is 0 Å². The molecule has 2 rings (SSSR count). The molecule has 140 valence electrons. The van der Waals surface area contributed by atoms with Crippen LogP contribution in [0.5, 0.6) is 0 Å². The van der Waals surface area contributed by atoms with Crippen LogP contribution in [-0.4, -0.2) is 20.9 Å². The van der Waals surface area contributed by atoms with Crippen LogP contribution in [0.2, 0.25) is 0 Å². The first-order chi connectivity index (χ1) is 12.4. The van der Waals surface area contributed by atoms with Crippen molar-refractivity contribution in [3.8, 4) is 0 Å². The molecule has 0 spiro atoms. The number of aryl methyl sites for hydroxylation is 1. The van der Waals surface area contributed by atoms with Crippen LogP contribution in [0.4, 0.5) is 0 Å². The van der Waals surface area contributed by atoms with Gasteiger partial charge in [-0.05, 0) is 73.1 Å². The second kappa shape index (κ2) is 9.67. The smallest absolute Gasteiger partial charge is 0.0682 e. The number of aliphatic hydroxyl groups is 3. The van der Waals surface area contributed by atoms with Gasteiger partial charge in [0.2, 0.25) is 0 Å². The number of rotatable bonds is 9. The molecule has 0 aliphatic heterocycles. The predicted octanol–water partition coefficient (Wildman–Crippen LogP) is 4.33. The van der Waals surface area contributed by atoms with E-state index in [1.807, 2.05) is 38.1 Å². The van der Waals surface area contributed by atoms with Crippen molar-refractivity contribution in [2.24, 2.45) is 0 Å². The average Bonchev–Trinajstić information content (AvgIpc) is 2.63. The monoisotopic (exact) mass is 354 g/mol. The SMILES string of the molecule is CC(C)(O)CCCCc1cccc(C=Cc2cc(CO)cc(CO)c2)c1. The summed E-state index contributed by atoms with van der Waals surface area (Å²) in [6.07, 6.45) is 7.97. The summed E-state index contributed by atoms with van der Waals surface area (Å²) in [4.78, 5) is 0. The molecule has 0 aliphatic carbocycles. The van der Waals surface area contributed by atoms with Crippen molar-refractivity contribution in [1.82, 2.24) is 0 Å². The fourth-order valence-electron chi connectivity index (χ4n) is 3.00. The zero-order chi connectivity index (χ0) is 19.0. The summed E-state index contributed by atoms with van der Waals surface area (Å²) in [6.45, 7) is 3.64. The molecule has 2 aromatic carbocycles. The van der Waals surface area contributed by atoms with Gasteiger partial charge in [0.05, 0.1) is 18.8 Å². The topological polar surface area (TPSA) is 60.7 Å². The summed E-state index contributed by atoms with van der Waals surface area (Å²) >= 11 is 0. The molecule has 0 radical (unpaired) electrons. The maximum Gasteiger partial charge on any atom is 0.0682 e. The third-order valence-corrected chi connectivity index (χ3v) is 4.36. The minimum absolute atomic E-state index is 0.0329. The van der Waals surface area contributed by atoms with Crippen LogP contribution in [0.1, 0.15) is 60.9 Å². The summed E-state index contributed by atoms with van der Waals surface area (Å²) in [7, 11) is 0. The normalized spacial score (nSPS) is 12.0. The molecule has 0 heterocycles. The highest BCUT2D eigenvalue weighted by molar-refractivity contribution is 5.70. The highest BCUT2D eigenvalue weighted by Gasteiger charge is 2.11. The Morgan fingerprint density at radius 3 is 2.04 bits per heavy atom. The summed E-state index contributed by atoms with van der Waals surface area (Å²) in [5, 5.41) is 28.4. The second-order valence-electron chi connectivity index (χ2n) is 7.50. The number of hydrogen-bond donors (Lipinski definition) is 3. The fourth-order valence-corrected chi connectivity index (χ4v) is 3.00. The van der Waals surface area contributed by atoms with E-state index in [9.17, 15) is 15.3 Å². The Kier molecular flexibility index (Phi) is 7.58.